The number of rotatable bonds is 4. The van der Waals surface area contributed by atoms with E-state index < -0.39 is 0 Å². The van der Waals surface area contributed by atoms with Gasteiger partial charge < -0.3 is 30.6 Å². The molecule has 2 atom stereocenters. The highest BCUT2D eigenvalue weighted by Crippen LogP contribution is 2.35. The average Bonchev–Trinajstić information content (AvgIpc) is 3.47. The molecule has 0 spiro atoms. The Morgan fingerprint density at radius 1 is 0.909 bits per heavy atom. The molecular weight excluding hydrogens is 485 g/mol. The molecule has 2 aromatic heterocycles. The van der Waals surface area contributed by atoms with Crippen molar-refractivity contribution in [3.05, 3.63) is 30.3 Å². The third-order valence-corrected chi connectivity index (χ3v) is 6.27. The summed E-state index contributed by atoms with van der Waals surface area (Å²) >= 11 is 0. The van der Waals surface area contributed by atoms with Gasteiger partial charge in [-0.3, -0.25) is 0 Å². The number of hydrogen-bond acceptors (Lipinski definition) is 7. The smallest absolute Gasteiger partial charge is 0.229 e. The van der Waals surface area contributed by atoms with Crippen molar-refractivity contribution in [2.75, 3.05) is 43.1 Å². The summed E-state index contributed by atoms with van der Waals surface area (Å²) in [5, 5.41) is 1.06. The molecule has 0 saturated carbocycles. The van der Waals surface area contributed by atoms with E-state index >= 15 is 0 Å². The summed E-state index contributed by atoms with van der Waals surface area (Å²) in [6.07, 6.45) is 1.95. The van der Waals surface area contributed by atoms with Gasteiger partial charge in [-0.2, -0.15) is 9.97 Å². The van der Waals surface area contributed by atoms with Crippen LogP contribution in [0.1, 0.15) is 12.8 Å². The van der Waals surface area contributed by atoms with E-state index in [0.29, 0.717) is 0 Å². The van der Waals surface area contributed by atoms with Crippen LogP contribution >= 0.6 is 37.2 Å². The van der Waals surface area contributed by atoms with Gasteiger partial charge in [0.25, 0.3) is 0 Å². The van der Waals surface area contributed by atoms with Gasteiger partial charge in [0, 0.05) is 45.3 Å². The third-order valence-electron chi connectivity index (χ3n) is 6.27. The second kappa shape index (κ2) is 11.0. The van der Waals surface area contributed by atoms with Crippen LogP contribution in [0.3, 0.4) is 0 Å². The minimum Gasteiger partial charge on any atom is -0.497 e. The molecule has 4 N–H and O–H groups in total. The van der Waals surface area contributed by atoms with Gasteiger partial charge in [0.05, 0.1) is 18.2 Å². The molecule has 4 heterocycles. The summed E-state index contributed by atoms with van der Waals surface area (Å²) in [7, 11) is 3.74. The predicted octanol–water partition coefficient (Wildman–Crippen LogP) is 2.98. The lowest BCUT2D eigenvalue weighted by atomic mass is 10.1. The van der Waals surface area contributed by atoms with Gasteiger partial charge in [-0.05, 0) is 48.7 Å². The Labute approximate surface area is 212 Å². The third kappa shape index (κ3) is 5.10. The Morgan fingerprint density at radius 2 is 1.52 bits per heavy atom. The summed E-state index contributed by atoms with van der Waals surface area (Å²) in [5.41, 5.74) is 15.5. The van der Waals surface area contributed by atoms with E-state index in [-0.39, 0.29) is 49.3 Å². The average molecular weight is 517 g/mol. The van der Waals surface area contributed by atoms with Crippen LogP contribution in [0, 0.1) is 0 Å². The number of methoxy groups -OCH3 is 1. The van der Waals surface area contributed by atoms with Gasteiger partial charge in [-0.15, -0.1) is 37.2 Å². The maximum atomic E-state index is 6.21. The molecule has 0 aliphatic carbocycles. The molecular formula is C22H32Cl3N7O. The Kier molecular flexibility index (Phi) is 9.07. The van der Waals surface area contributed by atoms with Gasteiger partial charge in [0.1, 0.15) is 17.2 Å². The molecule has 182 valence electrons. The van der Waals surface area contributed by atoms with E-state index in [1.165, 1.54) is 0 Å². The van der Waals surface area contributed by atoms with Crippen molar-refractivity contribution in [1.82, 2.24) is 14.5 Å². The predicted molar refractivity (Wildman–Crippen MR) is 142 cm³/mol. The molecule has 0 bridgehead atoms. The Hall–Kier alpha value is -1.97. The number of nitrogens with zero attached hydrogens (tertiary/aromatic N) is 5. The highest BCUT2D eigenvalue weighted by atomic mass is 35.5. The van der Waals surface area contributed by atoms with Crippen molar-refractivity contribution in [2.45, 2.75) is 24.9 Å². The van der Waals surface area contributed by atoms with Crippen molar-refractivity contribution in [3.8, 4) is 17.0 Å². The highest BCUT2D eigenvalue weighted by molar-refractivity contribution is 5.94. The van der Waals surface area contributed by atoms with Gasteiger partial charge in [-0.25, -0.2) is 0 Å². The molecule has 2 saturated heterocycles. The van der Waals surface area contributed by atoms with Crippen LogP contribution in [0.2, 0.25) is 0 Å². The molecule has 2 unspecified atom stereocenters. The van der Waals surface area contributed by atoms with Gasteiger partial charge in [0.15, 0.2) is 0 Å². The largest absolute Gasteiger partial charge is 0.497 e. The van der Waals surface area contributed by atoms with Gasteiger partial charge in [0.2, 0.25) is 5.95 Å². The van der Waals surface area contributed by atoms with Gasteiger partial charge >= 0.3 is 0 Å². The number of hydrogen-bond donors (Lipinski definition) is 2. The summed E-state index contributed by atoms with van der Waals surface area (Å²) in [6.45, 7) is 3.42. The van der Waals surface area contributed by atoms with E-state index in [1.54, 1.807) is 7.11 Å². The van der Waals surface area contributed by atoms with E-state index in [4.69, 9.17) is 26.2 Å². The molecule has 33 heavy (non-hydrogen) atoms. The minimum atomic E-state index is 0. The zero-order chi connectivity index (χ0) is 20.8. The van der Waals surface area contributed by atoms with Crippen LogP contribution in [0.25, 0.3) is 22.3 Å². The van der Waals surface area contributed by atoms with Crippen LogP contribution in [-0.2, 0) is 7.05 Å². The van der Waals surface area contributed by atoms with Crippen molar-refractivity contribution in [1.29, 1.82) is 0 Å². The summed E-state index contributed by atoms with van der Waals surface area (Å²) < 4.78 is 7.46. The Balaban J connectivity index is 0.00000128. The number of ether oxygens (including phenoxy) is 1. The number of benzene rings is 1. The second-order valence-electron chi connectivity index (χ2n) is 8.39. The number of aryl methyl sites for hydroxylation is 1. The molecule has 3 aromatic rings. The molecule has 0 amide bonds. The maximum Gasteiger partial charge on any atom is 0.229 e. The molecule has 1 aromatic carbocycles. The lowest BCUT2D eigenvalue weighted by Gasteiger charge is -2.22. The Morgan fingerprint density at radius 3 is 2.06 bits per heavy atom. The SMILES string of the molecule is COc1ccc(-c2cc3c(N4CCC(N)C4)nc(N4CCC(N)C4)nc3n2C)cc1.Cl.Cl.Cl. The monoisotopic (exact) mass is 515 g/mol. The standard InChI is InChI=1S/C22H29N7O.3ClH/c1-27-19(14-3-5-17(30-2)6-4-14)11-18-20(27)25-22(29-10-8-16(24)13-29)26-21(18)28-9-7-15(23)12-28;;;/h3-6,11,15-16H,7-10,12-13,23-24H2,1-2H3;3*1H. The molecule has 8 nitrogen and oxygen atoms in total. The first-order valence-corrected chi connectivity index (χ1v) is 10.6. The molecule has 11 heteroatoms. The van der Waals surface area contributed by atoms with Crippen LogP contribution in [-0.4, -0.2) is 59.9 Å². The lowest BCUT2D eigenvalue weighted by molar-refractivity contribution is 0.415. The normalized spacial score (nSPS) is 19.8. The first-order valence-electron chi connectivity index (χ1n) is 10.6. The van der Waals surface area contributed by atoms with Crippen LogP contribution in [0.5, 0.6) is 5.75 Å². The zero-order valence-corrected chi connectivity index (χ0v) is 21.3. The van der Waals surface area contributed by atoms with Crippen LogP contribution < -0.4 is 26.0 Å². The first kappa shape index (κ1) is 27.3. The topological polar surface area (TPSA) is 98.5 Å². The summed E-state index contributed by atoms with van der Waals surface area (Å²) in [4.78, 5) is 14.5. The number of aromatic nitrogens is 3. The first-order chi connectivity index (χ1) is 14.5. The quantitative estimate of drug-likeness (QED) is 0.550. The van der Waals surface area contributed by atoms with Crippen molar-refractivity contribution in [3.63, 3.8) is 0 Å². The lowest BCUT2D eigenvalue weighted by Crippen LogP contribution is -2.30. The van der Waals surface area contributed by atoms with Crippen LogP contribution in [0.15, 0.2) is 30.3 Å². The van der Waals surface area contributed by atoms with Crippen molar-refractivity contribution < 1.29 is 4.74 Å². The number of nitrogens with two attached hydrogens (primary N) is 2. The van der Waals surface area contributed by atoms with E-state index in [1.807, 2.05) is 12.1 Å². The number of anilines is 2. The maximum absolute atomic E-state index is 6.21. The zero-order valence-electron chi connectivity index (χ0n) is 18.8. The van der Waals surface area contributed by atoms with E-state index in [9.17, 15) is 0 Å². The molecule has 0 radical (unpaired) electrons. The van der Waals surface area contributed by atoms with Crippen LogP contribution in [0.4, 0.5) is 11.8 Å². The van der Waals surface area contributed by atoms with E-state index in [2.05, 4.69) is 39.6 Å². The highest BCUT2D eigenvalue weighted by Gasteiger charge is 2.28. The second-order valence-corrected chi connectivity index (χ2v) is 8.39. The fourth-order valence-corrected chi connectivity index (χ4v) is 4.54. The number of halogens is 3. The van der Waals surface area contributed by atoms with Crippen molar-refractivity contribution >= 4 is 60.0 Å². The summed E-state index contributed by atoms with van der Waals surface area (Å²) in [5.74, 6) is 2.57. The summed E-state index contributed by atoms with van der Waals surface area (Å²) in [6, 6.07) is 10.7. The molecule has 2 aliphatic rings. The Bertz CT molecular complexity index is 1080. The van der Waals surface area contributed by atoms with Gasteiger partial charge in [-0.1, -0.05) is 0 Å². The molecule has 2 fully saturated rings. The minimum absolute atomic E-state index is 0. The van der Waals surface area contributed by atoms with Crippen molar-refractivity contribution in [2.24, 2.45) is 18.5 Å². The molecule has 2 aliphatic heterocycles. The van der Waals surface area contributed by atoms with E-state index in [0.717, 1.165) is 78.8 Å². The fraction of sp³-hybridized carbons (Fsp3) is 0.455. The fourth-order valence-electron chi connectivity index (χ4n) is 4.54. The number of fused-ring (bicyclic) bond motifs is 1. The molecule has 5 rings (SSSR count).